The van der Waals surface area contributed by atoms with Gasteiger partial charge in [-0.2, -0.15) is 0 Å². The molecule has 0 atom stereocenters. The van der Waals surface area contributed by atoms with Gasteiger partial charge < -0.3 is 11.5 Å². The minimum absolute atomic E-state index is 0.0330. The third-order valence-electron chi connectivity index (χ3n) is 4.94. The number of thiazole rings is 1. The minimum Gasteiger partial charge on any atom is -0.398 e. The van der Waals surface area contributed by atoms with E-state index in [9.17, 15) is 12.8 Å². The second-order valence-corrected chi connectivity index (χ2v) is 11.3. The van der Waals surface area contributed by atoms with Gasteiger partial charge in [-0.3, -0.25) is 4.72 Å². The van der Waals surface area contributed by atoms with E-state index in [0.717, 1.165) is 6.07 Å². The Kier molecular flexibility index (Phi) is 6.20. The maximum atomic E-state index is 15.7. The number of hydrogen-bond acceptors (Lipinski definition) is 8. The van der Waals surface area contributed by atoms with Crippen LogP contribution >= 0.6 is 11.3 Å². The van der Waals surface area contributed by atoms with Gasteiger partial charge in [-0.05, 0) is 30.3 Å². The van der Waals surface area contributed by atoms with Crippen molar-refractivity contribution in [1.29, 1.82) is 0 Å². The quantitative estimate of drug-likeness (QED) is 0.324. The normalized spacial score (nSPS) is 12.0. The summed E-state index contributed by atoms with van der Waals surface area (Å²) < 4.78 is 57.8. The first-order valence-corrected chi connectivity index (χ1v) is 12.6. The Hall–Kier alpha value is -3.64. The lowest BCUT2D eigenvalue weighted by Gasteiger charge is -2.14. The number of sulfonamides is 1. The summed E-state index contributed by atoms with van der Waals surface area (Å²) in [6.45, 7) is 5.90. The second-order valence-electron chi connectivity index (χ2n) is 8.68. The number of nitrogens with zero attached hydrogens (tertiary/aromatic N) is 3. The van der Waals surface area contributed by atoms with E-state index in [4.69, 9.17) is 11.5 Å². The smallest absolute Gasteiger partial charge is 0.266 e. The van der Waals surface area contributed by atoms with Gasteiger partial charge in [-0.15, -0.1) is 11.3 Å². The average Bonchev–Trinajstić information content (AvgIpc) is 3.21. The maximum absolute atomic E-state index is 15.7. The van der Waals surface area contributed by atoms with Gasteiger partial charge >= 0.3 is 0 Å². The van der Waals surface area contributed by atoms with Crippen LogP contribution in [0.1, 0.15) is 25.8 Å². The molecule has 0 spiro atoms. The Morgan fingerprint density at radius 2 is 1.71 bits per heavy atom. The SMILES string of the molecule is CC(C)(C)c1nc(-c2cccc(NS(=O)(=O)c3c(N)cccc3F)c2F)c(-c2ccnc(N)n2)s1. The number of nitrogen functional groups attached to an aromatic ring is 2. The van der Waals surface area contributed by atoms with Crippen LogP contribution in [0.25, 0.3) is 21.8 Å². The molecule has 0 aliphatic carbocycles. The van der Waals surface area contributed by atoms with Gasteiger partial charge in [-0.1, -0.05) is 32.9 Å². The van der Waals surface area contributed by atoms with E-state index in [-0.39, 0.29) is 34.0 Å². The fraction of sp³-hybridized carbons (Fsp3) is 0.174. The molecule has 182 valence electrons. The van der Waals surface area contributed by atoms with E-state index in [1.54, 1.807) is 6.07 Å². The van der Waals surface area contributed by atoms with E-state index < -0.39 is 26.6 Å². The highest BCUT2D eigenvalue weighted by Gasteiger charge is 2.28. The summed E-state index contributed by atoms with van der Waals surface area (Å²) in [5, 5.41) is 0.712. The third-order valence-corrected chi connectivity index (χ3v) is 7.90. The number of hydrogen-bond donors (Lipinski definition) is 3. The molecule has 4 rings (SSSR count). The molecule has 0 bridgehead atoms. The van der Waals surface area contributed by atoms with Crippen LogP contribution in [0.5, 0.6) is 0 Å². The fourth-order valence-corrected chi connectivity index (χ4v) is 5.66. The average molecular weight is 517 g/mol. The first kappa shape index (κ1) is 24.5. The van der Waals surface area contributed by atoms with Crippen LogP contribution in [0.4, 0.5) is 26.1 Å². The van der Waals surface area contributed by atoms with Crippen molar-refractivity contribution in [3.63, 3.8) is 0 Å². The van der Waals surface area contributed by atoms with Crippen molar-refractivity contribution < 1.29 is 17.2 Å². The number of aromatic nitrogens is 3. The lowest BCUT2D eigenvalue weighted by atomic mass is 9.98. The number of rotatable bonds is 5. The zero-order valence-electron chi connectivity index (χ0n) is 19.0. The van der Waals surface area contributed by atoms with E-state index in [0.29, 0.717) is 15.6 Å². The van der Waals surface area contributed by atoms with Crippen molar-refractivity contribution >= 4 is 38.7 Å². The molecule has 4 aromatic rings. The summed E-state index contributed by atoms with van der Waals surface area (Å²) in [5.74, 6) is -1.89. The molecule has 0 unspecified atom stereocenters. The highest BCUT2D eigenvalue weighted by Crippen LogP contribution is 2.42. The van der Waals surface area contributed by atoms with Gasteiger partial charge in [0.1, 0.15) is 10.7 Å². The topological polar surface area (TPSA) is 137 Å². The molecule has 2 aromatic carbocycles. The van der Waals surface area contributed by atoms with Crippen molar-refractivity contribution in [1.82, 2.24) is 15.0 Å². The van der Waals surface area contributed by atoms with E-state index >= 15 is 4.39 Å². The molecule has 0 radical (unpaired) electrons. The van der Waals surface area contributed by atoms with Crippen molar-refractivity contribution in [3.8, 4) is 21.8 Å². The van der Waals surface area contributed by atoms with Crippen LogP contribution in [0.3, 0.4) is 0 Å². The Labute approximate surface area is 205 Å². The first-order valence-electron chi connectivity index (χ1n) is 10.3. The number of benzene rings is 2. The number of halogens is 2. The van der Waals surface area contributed by atoms with Gasteiger partial charge in [0.15, 0.2) is 5.82 Å². The molecule has 5 N–H and O–H groups in total. The standard InChI is InChI=1S/C23H22F2N6O2S2/c1-23(2,3)21-30-18(19(34-21)16-10-11-28-22(27)29-16)12-6-4-9-15(17(12)25)31-35(32,33)20-13(24)7-5-8-14(20)26/h4-11,31H,26H2,1-3H3,(H2,27,28,29). The Bertz CT molecular complexity index is 1510. The number of nitrogens with two attached hydrogens (primary N) is 2. The summed E-state index contributed by atoms with van der Waals surface area (Å²) in [6.07, 6.45) is 1.48. The number of nitrogens with one attached hydrogen (secondary N) is 1. The molecule has 0 amide bonds. The van der Waals surface area contributed by atoms with Gasteiger partial charge in [0.2, 0.25) is 5.95 Å². The zero-order valence-corrected chi connectivity index (χ0v) is 20.6. The van der Waals surface area contributed by atoms with Crippen molar-refractivity contribution in [2.75, 3.05) is 16.2 Å². The minimum atomic E-state index is -4.53. The second kappa shape index (κ2) is 8.86. The summed E-state index contributed by atoms with van der Waals surface area (Å²) in [7, 11) is -4.53. The molecule has 0 saturated carbocycles. The van der Waals surface area contributed by atoms with Gasteiger partial charge in [-0.25, -0.2) is 32.2 Å². The van der Waals surface area contributed by atoms with Crippen molar-refractivity contribution in [2.24, 2.45) is 0 Å². The molecular formula is C23H22F2N6O2S2. The monoisotopic (exact) mass is 516 g/mol. The first-order chi connectivity index (χ1) is 16.4. The summed E-state index contributed by atoms with van der Waals surface area (Å²) >= 11 is 1.32. The molecule has 0 saturated heterocycles. The lowest BCUT2D eigenvalue weighted by Crippen LogP contribution is -2.17. The van der Waals surface area contributed by atoms with Crippen LogP contribution in [0.15, 0.2) is 53.6 Å². The predicted molar refractivity (Wildman–Crippen MR) is 133 cm³/mol. The van der Waals surface area contributed by atoms with Crippen LogP contribution in [-0.4, -0.2) is 23.4 Å². The van der Waals surface area contributed by atoms with Gasteiger partial charge in [0.05, 0.1) is 32.6 Å². The maximum Gasteiger partial charge on any atom is 0.266 e. The molecule has 2 aromatic heterocycles. The van der Waals surface area contributed by atoms with E-state index in [1.807, 2.05) is 20.8 Å². The Morgan fingerprint density at radius 3 is 2.37 bits per heavy atom. The van der Waals surface area contributed by atoms with Crippen molar-refractivity contribution in [2.45, 2.75) is 31.1 Å². The van der Waals surface area contributed by atoms with Crippen LogP contribution < -0.4 is 16.2 Å². The van der Waals surface area contributed by atoms with Gasteiger partial charge in [0.25, 0.3) is 10.0 Å². The molecule has 2 heterocycles. The van der Waals surface area contributed by atoms with Crippen LogP contribution in [0.2, 0.25) is 0 Å². The highest BCUT2D eigenvalue weighted by atomic mass is 32.2. The molecule has 0 aliphatic heterocycles. The van der Waals surface area contributed by atoms with Crippen LogP contribution in [0, 0.1) is 11.6 Å². The largest absolute Gasteiger partial charge is 0.398 e. The predicted octanol–water partition coefficient (Wildman–Crippen LogP) is 4.81. The molecule has 8 nitrogen and oxygen atoms in total. The van der Waals surface area contributed by atoms with Gasteiger partial charge in [0, 0.05) is 17.2 Å². The van der Waals surface area contributed by atoms with E-state index in [2.05, 4.69) is 19.7 Å². The molecule has 35 heavy (non-hydrogen) atoms. The number of anilines is 3. The molecule has 0 fully saturated rings. The zero-order chi connectivity index (χ0) is 25.5. The molecular weight excluding hydrogens is 494 g/mol. The summed E-state index contributed by atoms with van der Waals surface area (Å²) in [4.78, 5) is 12.6. The summed E-state index contributed by atoms with van der Waals surface area (Å²) in [5.41, 5.74) is 11.1. The lowest BCUT2D eigenvalue weighted by molar-refractivity contribution is 0.571. The Morgan fingerprint density at radius 1 is 1.00 bits per heavy atom. The van der Waals surface area contributed by atoms with Crippen molar-refractivity contribution in [3.05, 3.63) is 65.3 Å². The van der Waals surface area contributed by atoms with E-state index in [1.165, 1.54) is 47.9 Å². The molecule has 12 heteroatoms. The van der Waals surface area contributed by atoms with Crippen LogP contribution in [-0.2, 0) is 15.4 Å². The highest BCUT2D eigenvalue weighted by molar-refractivity contribution is 7.92. The molecule has 0 aliphatic rings. The third kappa shape index (κ3) is 4.80. The Balaban J connectivity index is 1.85. The fourth-order valence-electron chi connectivity index (χ4n) is 3.30. The summed E-state index contributed by atoms with van der Waals surface area (Å²) in [6, 6.07) is 9.28.